The molecule has 0 aromatic heterocycles. The highest BCUT2D eigenvalue weighted by Crippen LogP contribution is 2.41. The number of piperidine rings is 1. The molecule has 1 heterocycles. The van der Waals surface area contributed by atoms with E-state index in [1.54, 1.807) is 22.9 Å². The molecule has 2 fully saturated rings. The Bertz CT molecular complexity index is 973. The molecular weight excluding hydrogens is 417 g/mol. The summed E-state index contributed by atoms with van der Waals surface area (Å²) in [7, 11) is 1.75. The van der Waals surface area contributed by atoms with Gasteiger partial charge in [0.25, 0.3) is 0 Å². The predicted octanol–water partition coefficient (Wildman–Crippen LogP) is 5.05. The van der Waals surface area contributed by atoms with Crippen LogP contribution in [-0.2, 0) is 22.3 Å². The van der Waals surface area contributed by atoms with Gasteiger partial charge in [0.05, 0.1) is 17.5 Å². The van der Waals surface area contributed by atoms with E-state index in [9.17, 15) is 22.8 Å². The molecule has 32 heavy (non-hydrogen) atoms. The smallest absolute Gasteiger partial charge is 0.341 e. The number of amides is 2. The van der Waals surface area contributed by atoms with Crippen LogP contribution in [0.3, 0.4) is 0 Å². The van der Waals surface area contributed by atoms with E-state index in [2.05, 4.69) is 0 Å². The van der Waals surface area contributed by atoms with Gasteiger partial charge in [-0.25, -0.2) is 0 Å². The van der Waals surface area contributed by atoms with Crippen LogP contribution in [0, 0.1) is 11.8 Å². The van der Waals surface area contributed by atoms with E-state index >= 15 is 0 Å². The van der Waals surface area contributed by atoms with E-state index < -0.39 is 17.8 Å². The van der Waals surface area contributed by atoms with Gasteiger partial charge in [0.2, 0.25) is 11.8 Å². The second kappa shape index (κ2) is 8.96. The number of hydrogen-bond donors (Lipinski definition) is 0. The average molecular weight is 444 g/mol. The second-order valence-electron chi connectivity index (χ2n) is 8.86. The monoisotopic (exact) mass is 444 g/mol. The topological polar surface area (TPSA) is 40.6 Å². The molecule has 0 unspecified atom stereocenters. The molecule has 2 aromatic carbocycles. The van der Waals surface area contributed by atoms with Crippen molar-refractivity contribution in [2.45, 2.75) is 44.4 Å². The highest BCUT2D eigenvalue weighted by atomic mass is 19.4. The van der Waals surface area contributed by atoms with Crippen molar-refractivity contribution in [3.05, 3.63) is 71.3 Å². The Morgan fingerprint density at radius 1 is 0.969 bits per heavy atom. The van der Waals surface area contributed by atoms with E-state index in [1.165, 1.54) is 6.07 Å². The van der Waals surface area contributed by atoms with Crippen molar-refractivity contribution >= 4 is 11.8 Å². The number of carbonyl (C=O) groups is 2. The first kappa shape index (κ1) is 22.4. The lowest BCUT2D eigenvalue weighted by Gasteiger charge is -2.40. The SMILES string of the molecule is CN(Cc1ccccc1)C(=O)[C@H]1CC[C@@H](c2cccc(C(F)(F)F)c2)N(C(=O)C2CC2)C1. The van der Waals surface area contributed by atoms with Gasteiger partial charge in [-0.15, -0.1) is 0 Å². The van der Waals surface area contributed by atoms with Gasteiger partial charge in [0.15, 0.2) is 0 Å². The first-order valence-corrected chi connectivity index (χ1v) is 11.0. The van der Waals surface area contributed by atoms with Crippen molar-refractivity contribution < 1.29 is 22.8 Å². The molecule has 170 valence electrons. The molecule has 1 aliphatic carbocycles. The van der Waals surface area contributed by atoms with E-state index in [4.69, 9.17) is 0 Å². The summed E-state index contributed by atoms with van der Waals surface area (Å²) in [5, 5.41) is 0. The van der Waals surface area contributed by atoms with Crippen LogP contribution in [0.15, 0.2) is 54.6 Å². The zero-order valence-electron chi connectivity index (χ0n) is 18.0. The molecule has 1 saturated carbocycles. The lowest BCUT2D eigenvalue weighted by atomic mass is 9.87. The van der Waals surface area contributed by atoms with Gasteiger partial charge in [0.1, 0.15) is 0 Å². The highest BCUT2D eigenvalue weighted by Gasteiger charge is 2.42. The molecule has 4 rings (SSSR count). The number of rotatable bonds is 5. The third kappa shape index (κ3) is 4.97. The number of hydrogen-bond acceptors (Lipinski definition) is 2. The van der Waals surface area contributed by atoms with E-state index in [-0.39, 0.29) is 30.2 Å². The summed E-state index contributed by atoms with van der Waals surface area (Å²) in [6.07, 6.45) is -1.83. The third-order valence-electron chi connectivity index (χ3n) is 6.38. The average Bonchev–Trinajstić information content (AvgIpc) is 3.63. The molecule has 4 nitrogen and oxygen atoms in total. The fourth-order valence-electron chi connectivity index (χ4n) is 4.50. The van der Waals surface area contributed by atoms with Crippen LogP contribution in [0.2, 0.25) is 0 Å². The van der Waals surface area contributed by atoms with Gasteiger partial charge < -0.3 is 9.80 Å². The summed E-state index contributed by atoms with van der Waals surface area (Å²) < 4.78 is 39.7. The van der Waals surface area contributed by atoms with Crippen LogP contribution >= 0.6 is 0 Å². The molecule has 2 amide bonds. The molecule has 0 N–H and O–H groups in total. The lowest BCUT2D eigenvalue weighted by Crippen LogP contribution is -2.47. The van der Waals surface area contributed by atoms with Crippen LogP contribution in [0.5, 0.6) is 0 Å². The normalized spacial score (nSPS) is 21.3. The number of carbonyl (C=O) groups excluding carboxylic acids is 2. The maximum Gasteiger partial charge on any atom is 0.416 e. The minimum atomic E-state index is -4.44. The quantitative estimate of drug-likeness (QED) is 0.647. The summed E-state index contributed by atoms with van der Waals surface area (Å²) in [6, 6.07) is 14.5. The minimum absolute atomic E-state index is 0.0371. The standard InChI is InChI=1S/C25H27F3N2O2/c1-29(15-17-6-3-2-4-7-17)23(31)20-12-13-22(30(16-20)24(32)18-10-11-18)19-8-5-9-21(14-19)25(26,27)28/h2-9,14,18,20,22H,10-13,15-16H2,1H3/t20-,22-/m0/s1. The van der Waals surface area contributed by atoms with Gasteiger partial charge in [-0.2, -0.15) is 13.2 Å². The molecule has 1 aliphatic heterocycles. The highest BCUT2D eigenvalue weighted by molar-refractivity contribution is 5.84. The molecule has 1 saturated heterocycles. The first-order chi connectivity index (χ1) is 15.2. The largest absolute Gasteiger partial charge is 0.416 e. The number of halogens is 3. The van der Waals surface area contributed by atoms with Gasteiger partial charge in [0, 0.05) is 26.1 Å². The van der Waals surface area contributed by atoms with Crippen molar-refractivity contribution in [3.63, 3.8) is 0 Å². The van der Waals surface area contributed by atoms with E-state index in [1.807, 2.05) is 30.3 Å². The molecule has 2 aromatic rings. The minimum Gasteiger partial charge on any atom is -0.341 e. The van der Waals surface area contributed by atoms with Gasteiger partial charge >= 0.3 is 6.18 Å². The number of likely N-dealkylation sites (tertiary alicyclic amines) is 1. The van der Waals surface area contributed by atoms with Crippen LogP contribution < -0.4 is 0 Å². The summed E-state index contributed by atoms with van der Waals surface area (Å²) >= 11 is 0. The molecule has 2 aliphatic rings. The van der Waals surface area contributed by atoms with Crippen molar-refractivity contribution in [1.82, 2.24) is 9.80 Å². The maximum atomic E-state index is 13.2. The number of alkyl halides is 3. The fourth-order valence-corrected chi connectivity index (χ4v) is 4.50. The fraction of sp³-hybridized carbons (Fsp3) is 0.440. The molecule has 2 atom stereocenters. The van der Waals surface area contributed by atoms with Crippen molar-refractivity contribution in [3.8, 4) is 0 Å². The molecule has 0 radical (unpaired) electrons. The van der Waals surface area contributed by atoms with Crippen LogP contribution in [0.1, 0.15) is 48.4 Å². The van der Waals surface area contributed by atoms with Gasteiger partial charge in [-0.3, -0.25) is 9.59 Å². The van der Waals surface area contributed by atoms with Gasteiger partial charge in [-0.1, -0.05) is 42.5 Å². The summed E-state index contributed by atoms with van der Waals surface area (Å²) in [5.41, 5.74) is 0.791. The van der Waals surface area contributed by atoms with E-state index in [0.29, 0.717) is 24.9 Å². The van der Waals surface area contributed by atoms with Crippen molar-refractivity contribution in [2.24, 2.45) is 11.8 Å². The Morgan fingerprint density at radius 2 is 1.66 bits per heavy atom. The van der Waals surface area contributed by atoms with Crippen LogP contribution in [0.4, 0.5) is 13.2 Å². The lowest BCUT2D eigenvalue weighted by molar-refractivity contribution is -0.143. The zero-order valence-corrected chi connectivity index (χ0v) is 18.0. The first-order valence-electron chi connectivity index (χ1n) is 11.0. The second-order valence-corrected chi connectivity index (χ2v) is 8.86. The summed E-state index contributed by atoms with van der Waals surface area (Å²) in [5.74, 6) is -0.506. The van der Waals surface area contributed by atoms with Crippen LogP contribution in [0.25, 0.3) is 0 Å². The Labute approximate surface area is 186 Å². The molecule has 7 heteroatoms. The molecular formula is C25H27F3N2O2. The Balaban J connectivity index is 1.52. The van der Waals surface area contributed by atoms with E-state index in [0.717, 1.165) is 30.5 Å². The Morgan fingerprint density at radius 3 is 2.31 bits per heavy atom. The molecule has 0 spiro atoms. The van der Waals surface area contributed by atoms with Crippen molar-refractivity contribution in [2.75, 3.05) is 13.6 Å². The van der Waals surface area contributed by atoms with Crippen LogP contribution in [-0.4, -0.2) is 35.2 Å². The van der Waals surface area contributed by atoms with Gasteiger partial charge in [-0.05, 0) is 48.9 Å². The van der Waals surface area contributed by atoms with Crippen molar-refractivity contribution in [1.29, 1.82) is 0 Å². The molecule has 0 bridgehead atoms. The number of nitrogens with zero attached hydrogens (tertiary/aromatic N) is 2. The zero-order chi connectivity index (χ0) is 22.9. The predicted molar refractivity (Wildman–Crippen MR) is 114 cm³/mol. The summed E-state index contributed by atoms with van der Waals surface area (Å²) in [6.45, 7) is 0.720. The third-order valence-corrected chi connectivity index (χ3v) is 6.38. The Hall–Kier alpha value is -2.83. The maximum absolute atomic E-state index is 13.2. The summed E-state index contributed by atoms with van der Waals surface area (Å²) in [4.78, 5) is 29.5. The number of benzene rings is 2. The Kier molecular flexibility index (Phi) is 6.26.